The van der Waals surface area contributed by atoms with Gasteiger partial charge in [0, 0.05) is 20.3 Å². The predicted octanol–water partition coefficient (Wildman–Crippen LogP) is 6.73. The molecule has 0 atom stereocenters. The molecule has 6 heteroatoms. The van der Waals surface area contributed by atoms with Crippen LogP contribution in [0.5, 0.6) is 0 Å². The Balaban J connectivity index is 1.58. The molecule has 31 heavy (non-hydrogen) atoms. The summed E-state index contributed by atoms with van der Waals surface area (Å²) in [5, 5.41) is 14.2. The minimum Gasteiger partial charge on any atom is -0.312 e. The van der Waals surface area contributed by atoms with E-state index in [2.05, 4.69) is 27.3 Å². The van der Waals surface area contributed by atoms with Crippen LogP contribution < -0.4 is 5.32 Å². The van der Waals surface area contributed by atoms with Gasteiger partial charge in [0.2, 0.25) is 0 Å². The van der Waals surface area contributed by atoms with Gasteiger partial charge in [-0.25, -0.2) is 4.98 Å². The smallest absolute Gasteiger partial charge is 0.257 e. The number of halogens is 1. The van der Waals surface area contributed by atoms with Gasteiger partial charge in [-0.05, 0) is 55.5 Å². The number of aryl methyl sites for hydroxylation is 1. The standard InChI is InChI=1S/C25H18BrN3OS/c26-16-11-9-15(10-12-16)22-13-19(17-5-1-3-7-21(17)28-22)24(30)29-25-20(14-27)18-6-2-4-8-23(18)31-25/h1,3,5,7,9-13H,2,4,6,8H2,(H,29,30). The summed E-state index contributed by atoms with van der Waals surface area (Å²) in [5.41, 5.74) is 4.73. The second-order valence-corrected chi connectivity index (χ2v) is 9.58. The summed E-state index contributed by atoms with van der Waals surface area (Å²) in [6, 6.07) is 19.7. The summed E-state index contributed by atoms with van der Waals surface area (Å²) >= 11 is 5.00. The molecule has 0 spiro atoms. The second kappa shape index (κ2) is 8.26. The van der Waals surface area contributed by atoms with Crippen molar-refractivity contribution in [3.8, 4) is 17.3 Å². The molecule has 2 aromatic carbocycles. The molecule has 5 rings (SSSR count). The van der Waals surface area contributed by atoms with E-state index in [0.717, 1.165) is 57.9 Å². The lowest BCUT2D eigenvalue weighted by Gasteiger charge is -2.11. The first-order chi connectivity index (χ1) is 15.1. The SMILES string of the molecule is N#Cc1c(NC(=O)c2cc(-c3ccc(Br)cc3)nc3ccccc23)sc2c1CCCC2. The van der Waals surface area contributed by atoms with Crippen LogP contribution in [0, 0.1) is 11.3 Å². The third-order valence-electron chi connectivity index (χ3n) is 5.61. The van der Waals surface area contributed by atoms with E-state index >= 15 is 0 Å². The molecule has 152 valence electrons. The van der Waals surface area contributed by atoms with Crippen molar-refractivity contribution in [3.63, 3.8) is 0 Å². The number of benzene rings is 2. The van der Waals surface area contributed by atoms with Gasteiger partial charge in [0.15, 0.2) is 0 Å². The lowest BCUT2D eigenvalue weighted by atomic mass is 9.96. The number of thiophene rings is 1. The summed E-state index contributed by atoms with van der Waals surface area (Å²) in [5.74, 6) is -0.216. The lowest BCUT2D eigenvalue weighted by molar-refractivity contribution is 0.102. The number of carbonyl (C=O) groups excluding carboxylic acids is 1. The van der Waals surface area contributed by atoms with E-state index in [1.54, 1.807) is 11.3 Å². The fraction of sp³-hybridized carbons (Fsp3) is 0.160. The van der Waals surface area contributed by atoms with Crippen LogP contribution in [0.25, 0.3) is 22.2 Å². The van der Waals surface area contributed by atoms with E-state index < -0.39 is 0 Å². The zero-order valence-corrected chi connectivity index (χ0v) is 19.0. The fourth-order valence-electron chi connectivity index (χ4n) is 4.07. The summed E-state index contributed by atoms with van der Waals surface area (Å²) in [6.45, 7) is 0. The number of fused-ring (bicyclic) bond motifs is 2. The number of carbonyl (C=O) groups is 1. The third kappa shape index (κ3) is 3.76. The molecule has 1 aliphatic carbocycles. The molecule has 0 bridgehead atoms. The van der Waals surface area contributed by atoms with Crippen molar-refractivity contribution in [1.82, 2.24) is 4.98 Å². The van der Waals surface area contributed by atoms with Crippen LogP contribution in [0.1, 0.15) is 39.2 Å². The van der Waals surface area contributed by atoms with Crippen molar-refractivity contribution < 1.29 is 4.79 Å². The maximum Gasteiger partial charge on any atom is 0.257 e. The molecule has 0 unspecified atom stereocenters. The van der Waals surface area contributed by atoms with Crippen LogP contribution in [0.2, 0.25) is 0 Å². The minimum atomic E-state index is -0.216. The van der Waals surface area contributed by atoms with Gasteiger partial charge >= 0.3 is 0 Å². The van der Waals surface area contributed by atoms with Crippen molar-refractivity contribution in [1.29, 1.82) is 5.26 Å². The maximum absolute atomic E-state index is 13.4. The van der Waals surface area contributed by atoms with Gasteiger partial charge in [0.05, 0.1) is 22.3 Å². The number of rotatable bonds is 3. The van der Waals surface area contributed by atoms with Crippen LogP contribution in [-0.2, 0) is 12.8 Å². The second-order valence-electron chi connectivity index (χ2n) is 7.56. The number of aromatic nitrogens is 1. The maximum atomic E-state index is 13.4. The van der Waals surface area contributed by atoms with E-state index in [1.807, 2.05) is 54.6 Å². The zero-order valence-electron chi connectivity index (χ0n) is 16.6. The number of amides is 1. The number of anilines is 1. The molecule has 4 nitrogen and oxygen atoms in total. The van der Waals surface area contributed by atoms with Crippen molar-refractivity contribution in [2.24, 2.45) is 0 Å². The van der Waals surface area contributed by atoms with E-state index in [0.29, 0.717) is 16.1 Å². The van der Waals surface area contributed by atoms with E-state index in [4.69, 9.17) is 4.98 Å². The monoisotopic (exact) mass is 487 g/mol. The van der Waals surface area contributed by atoms with E-state index in [-0.39, 0.29) is 5.91 Å². The Morgan fingerprint density at radius 1 is 1.10 bits per heavy atom. The molecule has 0 saturated carbocycles. The molecule has 1 amide bonds. The largest absolute Gasteiger partial charge is 0.312 e. The number of nitriles is 1. The highest BCUT2D eigenvalue weighted by molar-refractivity contribution is 9.10. The molecule has 1 aliphatic rings. The summed E-state index contributed by atoms with van der Waals surface area (Å²) in [6.07, 6.45) is 4.13. The molecule has 2 aromatic heterocycles. The van der Waals surface area contributed by atoms with E-state index in [1.165, 1.54) is 4.88 Å². The summed E-state index contributed by atoms with van der Waals surface area (Å²) < 4.78 is 0.987. The molecule has 2 heterocycles. The Morgan fingerprint density at radius 3 is 2.68 bits per heavy atom. The van der Waals surface area contributed by atoms with Crippen molar-refractivity contribution in [2.75, 3.05) is 5.32 Å². The van der Waals surface area contributed by atoms with Crippen LogP contribution >= 0.6 is 27.3 Å². The van der Waals surface area contributed by atoms with Gasteiger partial charge in [-0.15, -0.1) is 11.3 Å². The number of nitrogens with zero attached hydrogens (tertiary/aromatic N) is 2. The highest BCUT2D eigenvalue weighted by atomic mass is 79.9. The molecule has 0 saturated heterocycles. The van der Waals surface area contributed by atoms with Crippen LogP contribution in [0.3, 0.4) is 0 Å². The Morgan fingerprint density at radius 2 is 1.87 bits per heavy atom. The van der Waals surface area contributed by atoms with E-state index in [9.17, 15) is 10.1 Å². The molecule has 0 fully saturated rings. The van der Waals surface area contributed by atoms with Gasteiger partial charge in [-0.3, -0.25) is 4.79 Å². The molecular weight excluding hydrogens is 470 g/mol. The predicted molar refractivity (Wildman–Crippen MR) is 129 cm³/mol. The fourth-order valence-corrected chi connectivity index (χ4v) is 5.57. The molecular formula is C25H18BrN3OS. The molecule has 0 radical (unpaired) electrons. The van der Waals surface area contributed by atoms with Crippen LogP contribution in [-0.4, -0.2) is 10.9 Å². The third-order valence-corrected chi connectivity index (χ3v) is 7.35. The molecule has 0 aliphatic heterocycles. The summed E-state index contributed by atoms with van der Waals surface area (Å²) in [4.78, 5) is 19.4. The average Bonchev–Trinajstić information content (AvgIpc) is 3.15. The lowest BCUT2D eigenvalue weighted by Crippen LogP contribution is -2.13. The first kappa shape index (κ1) is 19.9. The normalized spacial score (nSPS) is 12.9. The first-order valence-corrected chi connectivity index (χ1v) is 11.8. The van der Waals surface area contributed by atoms with Gasteiger partial charge < -0.3 is 5.32 Å². The first-order valence-electron chi connectivity index (χ1n) is 10.2. The Bertz CT molecular complexity index is 1350. The van der Waals surface area contributed by atoms with Crippen LogP contribution in [0.15, 0.2) is 59.1 Å². The average molecular weight is 488 g/mol. The highest BCUT2D eigenvalue weighted by Gasteiger charge is 2.23. The van der Waals surface area contributed by atoms with Gasteiger partial charge in [-0.2, -0.15) is 5.26 Å². The van der Waals surface area contributed by atoms with Crippen molar-refractivity contribution in [3.05, 3.63) is 80.6 Å². The van der Waals surface area contributed by atoms with Gasteiger partial charge in [0.1, 0.15) is 11.1 Å². The number of hydrogen-bond donors (Lipinski definition) is 1. The topological polar surface area (TPSA) is 65.8 Å². The van der Waals surface area contributed by atoms with Crippen LogP contribution in [0.4, 0.5) is 5.00 Å². The number of para-hydroxylation sites is 1. The summed E-state index contributed by atoms with van der Waals surface area (Å²) in [7, 11) is 0. The Kier molecular flexibility index (Phi) is 5.31. The van der Waals surface area contributed by atoms with Gasteiger partial charge in [0.25, 0.3) is 5.91 Å². The highest BCUT2D eigenvalue weighted by Crippen LogP contribution is 2.38. The van der Waals surface area contributed by atoms with Crippen molar-refractivity contribution >= 4 is 49.1 Å². The minimum absolute atomic E-state index is 0.216. The number of nitrogens with one attached hydrogen (secondary N) is 1. The number of hydrogen-bond acceptors (Lipinski definition) is 4. The Hall–Kier alpha value is -3.01. The Labute approximate surface area is 192 Å². The molecule has 4 aromatic rings. The zero-order chi connectivity index (χ0) is 21.4. The molecule has 1 N–H and O–H groups in total. The number of pyridine rings is 1. The van der Waals surface area contributed by atoms with Crippen molar-refractivity contribution in [2.45, 2.75) is 25.7 Å². The van der Waals surface area contributed by atoms with Gasteiger partial charge in [-0.1, -0.05) is 46.3 Å². The quantitative estimate of drug-likeness (QED) is 0.348.